The van der Waals surface area contributed by atoms with E-state index in [1.54, 1.807) is 11.3 Å². The molecule has 1 aliphatic rings. The molecule has 1 aromatic rings. The van der Waals surface area contributed by atoms with Crippen molar-refractivity contribution in [2.24, 2.45) is 0 Å². The second kappa shape index (κ2) is 6.85. The van der Waals surface area contributed by atoms with E-state index < -0.39 is 0 Å². The number of thiophene rings is 1. The Hall–Kier alpha value is 0.0600. The molecule has 1 fully saturated rings. The first-order chi connectivity index (χ1) is 8.24. The number of rotatable bonds is 5. The summed E-state index contributed by atoms with van der Waals surface area (Å²) in [5.74, 6) is 0. The molecule has 1 atom stereocenters. The van der Waals surface area contributed by atoms with Crippen LogP contribution < -0.4 is 10.6 Å². The van der Waals surface area contributed by atoms with Crippen molar-refractivity contribution in [2.75, 3.05) is 33.2 Å². The van der Waals surface area contributed by atoms with Crippen molar-refractivity contribution in [2.45, 2.75) is 19.0 Å². The SMILES string of the molecule is CN1CCNC(CCNCc2cc(Br)cs2)C1. The van der Waals surface area contributed by atoms with Crippen LogP contribution in [0.2, 0.25) is 0 Å². The zero-order valence-electron chi connectivity index (χ0n) is 10.2. The van der Waals surface area contributed by atoms with Gasteiger partial charge in [0.1, 0.15) is 0 Å². The van der Waals surface area contributed by atoms with E-state index in [1.165, 1.54) is 28.9 Å². The minimum Gasteiger partial charge on any atom is -0.312 e. The van der Waals surface area contributed by atoms with Gasteiger partial charge in [-0.25, -0.2) is 0 Å². The first-order valence-electron chi connectivity index (χ1n) is 6.09. The number of hydrogen-bond donors (Lipinski definition) is 2. The van der Waals surface area contributed by atoms with Crippen LogP contribution in [0.3, 0.4) is 0 Å². The van der Waals surface area contributed by atoms with E-state index in [-0.39, 0.29) is 0 Å². The molecule has 2 rings (SSSR count). The smallest absolute Gasteiger partial charge is 0.0300 e. The first-order valence-corrected chi connectivity index (χ1v) is 7.77. The van der Waals surface area contributed by atoms with Gasteiger partial charge < -0.3 is 15.5 Å². The van der Waals surface area contributed by atoms with Crippen LogP contribution in [0.15, 0.2) is 15.9 Å². The summed E-state index contributed by atoms with van der Waals surface area (Å²) in [6.45, 7) is 5.54. The van der Waals surface area contributed by atoms with Crippen LogP contribution >= 0.6 is 27.3 Å². The lowest BCUT2D eigenvalue weighted by molar-refractivity contribution is 0.231. The van der Waals surface area contributed by atoms with Crippen LogP contribution in [0.5, 0.6) is 0 Å². The summed E-state index contributed by atoms with van der Waals surface area (Å²) in [7, 11) is 2.20. The van der Waals surface area contributed by atoms with E-state index >= 15 is 0 Å². The summed E-state index contributed by atoms with van der Waals surface area (Å²) in [6.07, 6.45) is 1.21. The average molecular weight is 318 g/mol. The van der Waals surface area contributed by atoms with Gasteiger partial charge in [0, 0.05) is 47.0 Å². The van der Waals surface area contributed by atoms with E-state index in [0.29, 0.717) is 6.04 Å². The first kappa shape index (κ1) is 13.5. The molecule has 1 unspecified atom stereocenters. The highest BCUT2D eigenvalue weighted by molar-refractivity contribution is 9.10. The molecule has 2 heterocycles. The molecule has 96 valence electrons. The quantitative estimate of drug-likeness (QED) is 0.812. The Morgan fingerprint density at radius 3 is 3.24 bits per heavy atom. The second-order valence-corrected chi connectivity index (χ2v) is 6.52. The summed E-state index contributed by atoms with van der Waals surface area (Å²) in [5.41, 5.74) is 0. The second-order valence-electron chi connectivity index (χ2n) is 4.61. The number of likely N-dealkylation sites (N-methyl/N-ethyl adjacent to an activating group) is 1. The summed E-state index contributed by atoms with van der Waals surface area (Å²) in [6, 6.07) is 2.83. The molecular weight excluding hydrogens is 298 g/mol. The van der Waals surface area contributed by atoms with Crippen molar-refractivity contribution in [1.82, 2.24) is 15.5 Å². The molecule has 0 aliphatic carbocycles. The zero-order valence-corrected chi connectivity index (χ0v) is 12.6. The highest BCUT2D eigenvalue weighted by Gasteiger charge is 2.15. The molecule has 0 bridgehead atoms. The number of halogens is 1. The third-order valence-corrected chi connectivity index (χ3v) is 4.75. The standard InChI is InChI=1S/C12H20BrN3S/c1-16-5-4-15-11(8-16)2-3-14-7-12-6-10(13)9-17-12/h6,9,11,14-15H,2-5,7-8H2,1H3. The molecule has 0 spiro atoms. The van der Waals surface area contributed by atoms with Gasteiger partial charge in [0.05, 0.1) is 0 Å². The summed E-state index contributed by atoms with van der Waals surface area (Å²) in [4.78, 5) is 3.79. The molecule has 1 aliphatic heterocycles. The molecule has 2 N–H and O–H groups in total. The van der Waals surface area contributed by atoms with Gasteiger partial charge in [-0.15, -0.1) is 11.3 Å². The van der Waals surface area contributed by atoms with Crippen LogP contribution in [0, 0.1) is 0 Å². The molecule has 3 nitrogen and oxygen atoms in total. The van der Waals surface area contributed by atoms with Gasteiger partial charge in [-0.05, 0) is 42.0 Å². The predicted octanol–water partition coefficient (Wildman–Crippen LogP) is 1.89. The predicted molar refractivity (Wildman–Crippen MR) is 77.6 cm³/mol. The van der Waals surface area contributed by atoms with Crippen LogP contribution in [0.4, 0.5) is 0 Å². The fourth-order valence-electron chi connectivity index (χ4n) is 2.12. The molecule has 0 radical (unpaired) electrons. The van der Waals surface area contributed by atoms with Gasteiger partial charge >= 0.3 is 0 Å². The van der Waals surface area contributed by atoms with Gasteiger partial charge in [0.25, 0.3) is 0 Å². The normalized spacial score (nSPS) is 21.9. The van der Waals surface area contributed by atoms with E-state index in [1.807, 2.05) is 0 Å². The molecule has 1 saturated heterocycles. The van der Waals surface area contributed by atoms with Gasteiger partial charge in [0.15, 0.2) is 0 Å². The summed E-state index contributed by atoms with van der Waals surface area (Å²) in [5, 5.41) is 9.21. The lowest BCUT2D eigenvalue weighted by Gasteiger charge is -2.30. The third kappa shape index (κ3) is 4.67. The maximum atomic E-state index is 3.57. The van der Waals surface area contributed by atoms with Crippen LogP contribution in [0.1, 0.15) is 11.3 Å². The lowest BCUT2D eigenvalue weighted by atomic mass is 10.1. The Labute approximate surface area is 116 Å². The third-order valence-electron chi connectivity index (χ3n) is 3.05. The average Bonchev–Trinajstić information content (AvgIpc) is 2.71. The molecular formula is C12H20BrN3S. The molecule has 0 saturated carbocycles. The number of nitrogens with zero attached hydrogens (tertiary/aromatic N) is 1. The van der Waals surface area contributed by atoms with E-state index in [0.717, 1.165) is 19.6 Å². The van der Waals surface area contributed by atoms with Crippen molar-refractivity contribution in [3.05, 3.63) is 20.8 Å². The van der Waals surface area contributed by atoms with Gasteiger partial charge in [-0.1, -0.05) is 0 Å². The van der Waals surface area contributed by atoms with Gasteiger partial charge in [-0.3, -0.25) is 0 Å². The lowest BCUT2D eigenvalue weighted by Crippen LogP contribution is -2.49. The Morgan fingerprint density at radius 1 is 1.65 bits per heavy atom. The fourth-order valence-corrected chi connectivity index (χ4v) is 3.54. The van der Waals surface area contributed by atoms with E-state index in [2.05, 4.69) is 50.0 Å². The Morgan fingerprint density at radius 2 is 2.53 bits per heavy atom. The summed E-state index contributed by atoms with van der Waals surface area (Å²) >= 11 is 5.28. The molecule has 5 heteroatoms. The molecule has 0 aromatic carbocycles. The zero-order chi connectivity index (χ0) is 12.1. The maximum absolute atomic E-state index is 3.57. The van der Waals surface area contributed by atoms with Crippen LogP contribution in [-0.4, -0.2) is 44.2 Å². The van der Waals surface area contributed by atoms with Crippen LogP contribution in [0.25, 0.3) is 0 Å². The van der Waals surface area contributed by atoms with Gasteiger partial charge in [-0.2, -0.15) is 0 Å². The Balaban J connectivity index is 1.59. The number of hydrogen-bond acceptors (Lipinski definition) is 4. The Kier molecular flexibility index (Phi) is 5.44. The van der Waals surface area contributed by atoms with Crippen molar-refractivity contribution in [1.29, 1.82) is 0 Å². The Bertz CT molecular complexity index is 342. The molecule has 1 aromatic heterocycles. The van der Waals surface area contributed by atoms with E-state index in [4.69, 9.17) is 0 Å². The minimum absolute atomic E-state index is 0.649. The number of nitrogens with one attached hydrogen (secondary N) is 2. The van der Waals surface area contributed by atoms with Crippen molar-refractivity contribution < 1.29 is 0 Å². The molecule has 0 amide bonds. The highest BCUT2D eigenvalue weighted by Crippen LogP contribution is 2.19. The minimum atomic E-state index is 0.649. The van der Waals surface area contributed by atoms with Crippen molar-refractivity contribution in [3.63, 3.8) is 0 Å². The van der Waals surface area contributed by atoms with Gasteiger partial charge in [0.2, 0.25) is 0 Å². The monoisotopic (exact) mass is 317 g/mol. The van der Waals surface area contributed by atoms with Crippen molar-refractivity contribution >= 4 is 27.3 Å². The number of piperazine rings is 1. The van der Waals surface area contributed by atoms with Crippen LogP contribution in [-0.2, 0) is 6.54 Å². The fraction of sp³-hybridized carbons (Fsp3) is 0.667. The largest absolute Gasteiger partial charge is 0.312 e. The highest BCUT2D eigenvalue weighted by atomic mass is 79.9. The maximum Gasteiger partial charge on any atom is 0.0300 e. The summed E-state index contributed by atoms with van der Waals surface area (Å²) < 4.78 is 1.19. The topological polar surface area (TPSA) is 27.3 Å². The molecule has 17 heavy (non-hydrogen) atoms. The van der Waals surface area contributed by atoms with E-state index in [9.17, 15) is 0 Å². The van der Waals surface area contributed by atoms with Crippen molar-refractivity contribution in [3.8, 4) is 0 Å².